The standard InChI is InChI=1S/C13H24N4O3/c1-15(2)12(20)16-7-3-13(4-8-16,11(18)19)17-9-5-14-6-10-17/h14H,3-10H2,1-2H3,(H,18,19). The number of piperazine rings is 1. The molecule has 20 heavy (non-hydrogen) atoms. The number of carboxylic acid groups (broad SMARTS) is 1. The molecule has 0 unspecified atom stereocenters. The molecule has 7 heteroatoms. The highest BCUT2D eigenvalue weighted by Crippen LogP contribution is 2.30. The maximum atomic E-state index is 11.9. The van der Waals surface area contributed by atoms with E-state index in [0.717, 1.165) is 26.2 Å². The third-order valence-corrected chi connectivity index (χ3v) is 4.36. The molecule has 2 N–H and O–H groups in total. The molecule has 2 amide bonds. The van der Waals surface area contributed by atoms with Crippen LogP contribution in [0.5, 0.6) is 0 Å². The Balaban J connectivity index is 2.06. The molecular weight excluding hydrogens is 260 g/mol. The molecular formula is C13H24N4O3. The zero-order valence-corrected chi connectivity index (χ0v) is 12.3. The Bertz CT molecular complexity index is 372. The molecule has 2 fully saturated rings. The second-order valence-electron chi connectivity index (χ2n) is 5.74. The van der Waals surface area contributed by atoms with Crippen molar-refractivity contribution in [3.63, 3.8) is 0 Å². The van der Waals surface area contributed by atoms with Gasteiger partial charge in [0, 0.05) is 53.4 Å². The number of nitrogens with zero attached hydrogens (tertiary/aromatic N) is 3. The molecule has 2 rings (SSSR count). The summed E-state index contributed by atoms with van der Waals surface area (Å²) in [6, 6.07) is -0.0377. The van der Waals surface area contributed by atoms with E-state index >= 15 is 0 Å². The van der Waals surface area contributed by atoms with Gasteiger partial charge in [-0.1, -0.05) is 0 Å². The lowest BCUT2D eigenvalue weighted by molar-refractivity contribution is -0.155. The maximum Gasteiger partial charge on any atom is 0.324 e. The van der Waals surface area contributed by atoms with E-state index in [1.165, 1.54) is 0 Å². The number of carboxylic acids is 1. The summed E-state index contributed by atoms with van der Waals surface area (Å²) in [6.07, 6.45) is 1.00. The largest absolute Gasteiger partial charge is 0.480 e. The highest BCUT2D eigenvalue weighted by molar-refractivity contribution is 5.80. The summed E-state index contributed by atoms with van der Waals surface area (Å²) in [7, 11) is 3.44. The zero-order valence-electron chi connectivity index (χ0n) is 12.3. The average Bonchev–Trinajstić information content (AvgIpc) is 2.47. The molecule has 0 radical (unpaired) electrons. The minimum absolute atomic E-state index is 0.0377. The molecule has 2 aliphatic heterocycles. The van der Waals surface area contributed by atoms with E-state index in [1.807, 2.05) is 0 Å². The van der Waals surface area contributed by atoms with Crippen molar-refractivity contribution >= 4 is 12.0 Å². The molecule has 2 saturated heterocycles. The highest BCUT2D eigenvalue weighted by atomic mass is 16.4. The number of nitrogens with one attached hydrogen (secondary N) is 1. The van der Waals surface area contributed by atoms with Gasteiger partial charge in [0.05, 0.1) is 0 Å². The molecule has 114 valence electrons. The van der Waals surface area contributed by atoms with Gasteiger partial charge in [0.1, 0.15) is 5.54 Å². The van der Waals surface area contributed by atoms with Gasteiger partial charge in [-0.05, 0) is 12.8 Å². The monoisotopic (exact) mass is 284 g/mol. The van der Waals surface area contributed by atoms with Crippen LogP contribution in [-0.4, -0.2) is 90.7 Å². The Kier molecular flexibility index (Phi) is 4.49. The number of carbonyl (C=O) groups is 2. The Hall–Kier alpha value is -1.34. The third-order valence-electron chi connectivity index (χ3n) is 4.36. The van der Waals surface area contributed by atoms with Crippen molar-refractivity contribution in [2.24, 2.45) is 0 Å². The summed E-state index contributed by atoms with van der Waals surface area (Å²) in [5.41, 5.74) is -0.800. The molecule has 0 spiro atoms. The summed E-state index contributed by atoms with van der Waals surface area (Å²) in [5, 5.41) is 12.9. The van der Waals surface area contributed by atoms with Crippen LogP contribution in [0.2, 0.25) is 0 Å². The van der Waals surface area contributed by atoms with Gasteiger partial charge in [-0.25, -0.2) is 4.79 Å². The molecule has 0 atom stereocenters. The number of aliphatic carboxylic acids is 1. The van der Waals surface area contributed by atoms with Crippen LogP contribution in [0.25, 0.3) is 0 Å². The lowest BCUT2D eigenvalue weighted by Crippen LogP contribution is -2.64. The Labute approximate surface area is 119 Å². The van der Waals surface area contributed by atoms with Gasteiger partial charge >= 0.3 is 12.0 Å². The van der Waals surface area contributed by atoms with Gasteiger partial charge in [0.15, 0.2) is 0 Å². The first kappa shape index (κ1) is 15.1. The highest BCUT2D eigenvalue weighted by Gasteiger charge is 2.47. The molecule has 2 aliphatic rings. The Morgan fingerprint density at radius 2 is 1.65 bits per heavy atom. The summed E-state index contributed by atoms with van der Waals surface area (Å²) >= 11 is 0. The van der Waals surface area contributed by atoms with E-state index in [-0.39, 0.29) is 6.03 Å². The normalized spacial score (nSPS) is 23.4. The van der Waals surface area contributed by atoms with Crippen LogP contribution < -0.4 is 5.32 Å². The number of urea groups is 1. The van der Waals surface area contributed by atoms with Crippen molar-refractivity contribution < 1.29 is 14.7 Å². The molecule has 0 aromatic heterocycles. The average molecular weight is 284 g/mol. The fourth-order valence-electron chi connectivity index (χ4n) is 3.11. The lowest BCUT2D eigenvalue weighted by Gasteiger charge is -2.47. The van der Waals surface area contributed by atoms with Gasteiger partial charge in [0.2, 0.25) is 0 Å². The smallest absolute Gasteiger partial charge is 0.324 e. The predicted molar refractivity (Wildman–Crippen MR) is 74.7 cm³/mol. The molecule has 0 aliphatic carbocycles. The number of likely N-dealkylation sites (tertiary alicyclic amines) is 1. The van der Waals surface area contributed by atoms with Gasteiger partial charge in [0.25, 0.3) is 0 Å². The fraction of sp³-hybridized carbons (Fsp3) is 0.846. The Morgan fingerprint density at radius 3 is 2.10 bits per heavy atom. The maximum absolute atomic E-state index is 11.9. The predicted octanol–water partition coefficient (Wildman–Crippen LogP) is -0.508. The molecule has 7 nitrogen and oxygen atoms in total. The minimum atomic E-state index is -0.800. The third kappa shape index (κ3) is 2.73. The SMILES string of the molecule is CN(C)C(=O)N1CCC(C(=O)O)(N2CCNCC2)CC1. The first-order chi connectivity index (χ1) is 9.47. The van der Waals surface area contributed by atoms with Crippen molar-refractivity contribution in [2.75, 3.05) is 53.4 Å². The van der Waals surface area contributed by atoms with E-state index in [4.69, 9.17) is 0 Å². The second kappa shape index (κ2) is 5.97. The van der Waals surface area contributed by atoms with Gasteiger partial charge in [-0.2, -0.15) is 0 Å². The molecule has 0 bridgehead atoms. The van der Waals surface area contributed by atoms with Crippen LogP contribution in [-0.2, 0) is 4.79 Å². The molecule has 0 saturated carbocycles. The summed E-state index contributed by atoms with van der Waals surface area (Å²) < 4.78 is 0. The van der Waals surface area contributed by atoms with E-state index in [0.29, 0.717) is 25.9 Å². The van der Waals surface area contributed by atoms with Crippen molar-refractivity contribution in [1.29, 1.82) is 0 Å². The van der Waals surface area contributed by atoms with Gasteiger partial charge < -0.3 is 20.2 Å². The van der Waals surface area contributed by atoms with Crippen molar-refractivity contribution in [1.82, 2.24) is 20.0 Å². The minimum Gasteiger partial charge on any atom is -0.480 e. The first-order valence-corrected chi connectivity index (χ1v) is 7.13. The number of hydrogen-bond acceptors (Lipinski definition) is 4. The van der Waals surface area contributed by atoms with Crippen LogP contribution in [0, 0.1) is 0 Å². The van der Waals surface area contributed by atoms with Crippen LogP contribution in [0.15, 0.2) is 0 Å². The summed E-state index contributed by atoms with van der Waals surface area (Å²) in [4.78, 5) is 29.1. The topological polar surface area (TPSA) is 76.1 Å². The van der Waals surface area contributed by atoms with E-state index in [9.17, 15) is 14.7 Å². The van der Waals surface area contributed by atoms with Crippen LogP contribution in [0.3, 0.4) is 0 Å². The van der Waals surface area contributed by atoms with Crippen molar-refractivity contribution in [3.05, 3.63) is 0 Å². The van der Waals surface area contributed by atoms with Crippen molar-refractivity contribution in [3.8, 4) is 0 Å². The van der Waals surface area contributed by atoms with Crippen LogP contribution >= 0.6 is 0 Å². The van der Waals surface area contributed by atoms with Gasteiger partial charge in [-0.15, -0.1) is 0 Å². The number of amides is 2. The number of rotatable bonds is 2. The second-order valence-corrected chi connectivity index (χ2v) is 5.74. The number of piperidine rings is 1. The van der Waals surface area contributed by atoms with Crippen LogP contribution in [0.4, 0.5) is 4.79 Å². The molecule has 0 aromatic rings. The summed E-state index contributed by atoms with van der Waals surface area (Å²) in [5.74, 6) is -0.753. The summed E-state index contributed by atoms with van der Waals surface area (Å²) in [6.45, 7) is 4.19. The number of hydrogen-bond donors (Lipinski definition) is 2. The fourth-order valence-corrected chi connectivity index (χ4v) is 3.11. The molecule has 0 aromatic carbocycles. The van der Waals surface area contributed by atoms with E-state index < -0.39 is 11.5 Å². The quantitative estimate of drug-likeness (QED) is 0.714. The number of carbonyl (C=O) groups excluding carboxylic acids is 1. The van der Waals surface area contributed by atoms with E-state index in [1.54, 1.807) is 23.9 Å². The molecule has 2 heterocycles. The van der Waals surface area contributed by atoms with Crippen molar-refractivity contribution in [2.45, 2.75) is 18.4 Å². The Morgan fingerprint density at radius 1 is 1.10 bits per heavy atom. The first-order valence-electron chi connectivity index (χ1n) is 7.13. The zero-order chi connectivity index (χ0) is 14.8. The van der Waals surface area contributed by atoms with Crippen LogP contribution in [0.1, 0.15) is 12.8 Å². The lowest BCUT2D eigenvalue weighted by atomic mass is 9.85. The van der Waals surface area contributed by atoms with Gasteiger partial charge in [-0.3, -0.25) is 9.69 Å². The van der Waals surface area contributed by atoms with E-state index in [2.05, 4.69) is 10.2 Å².